The number of hydrogen-bond acceptors (Lipinski definition) is 1. The topological polar surface area (TPSA) is 29.1 Å². The van der Waals surface area contributed by atoms with Gasteiger partial charge in [-0.3, -0.25) is 4.79 Å². The van der Waals surface area contributed by atoms with Gasteiger partial charge >= 0.3 is 0 Å². The minimum atomic E-state index is -0.597. The minimum Gasteiger partial charge on any atom is -0.352 e. The van der Waals surface area contributed by atoms with Crippen LogP contribution < -0.4 is 5.32 Å². The number of rotatable bonds is 5. The van der Waals surface area contributed by atoms with Crippen LogP contribution in [-0.2, 0) is 4.79 Å². The summed E-state index contributed by atoms with van der Waals surface area (Å²) in [6.45, 7) is 4.09. The van der Waals surface area contributed by atoms with Crippen LogP contribution in [0.3, 0.4) is 0 Å². The van der Waals surface area contributed by atoms with Gasteiger partial charge in [0.1, 0.15) is 5.38 Å². The second kappa shape index (κ2) is 6.54. The van der Waals surface area contributed by atoms with E-state index in [0.29, 0.717) is 0 Å². The molecule has 88 valence electrons. The molecule has 1 N–H and O–H groups in total. The molecule has 1 aromatic carbocycles. The minimum absolute atomic E-state index is 0.117. The number of halogens is 1. The predicted molar refractivity (Wildman–Crippen MR) is 67.5 cm³/mol. The van der Waals surface area contributed by atoms with Crippen molar-refractivity contribution in [3.63, 3.8) is 0 Å². The second-order valence-electron chi connectivity index (χ2n) is 3.97. The largest absolute Gasteiger partial charge is 0.352 e. The summed E-state index contributed by atoms with van der Waals surface area (Å²) < 4.78 is 0. The van der Waals surface area contributed by atoms with Crippen LogP contribution in [0.15, 0.2) is 30.3 Å². The molecule has 1 aromatic rings. The highest BCUT2D eigenvalue weighted by atomic mass is 35.5. The van der Waals surface area contributed by atoms with Crippen molar-refractivity contribution in [3.05, 3.63) is 35.9 Å². The zero-order valence-electron chi connectivity index (χ0n) is 9.74. The van der Waals surface area contributed by atoms with Crippen molar-refractivity contribution in [2.75, 3.05) is 0 Å². The van der Waals surface area contributed by atoms with Gasteiger partial charge in [-0.1, -0.05) is 43.7 Å². The summed E-state index contributed by atoms with van der Waals surface area (Å²) in [4.78, 5) is 11.8. The molecule has 0 aromatic heterocycles. The van der Waals surface area contributed by atoms with E-state index >= 15 is 0 Å². The second-order valence-corrected chi connectivity index (χ2v) is 4.41. The third-order valence-electron chi connectivity index (χ3n) is 2.43. The van der Waals surface area contributed by atoms with Gasteiger partial charge in [0, 0.05) is 6.04 Å². The highest BCUT2D eigenvalue weighted by Crippen LogP contribution is 2.20. The molecule has 0 aliphatic heterocycles. The Balaban J connectivity index is 2.55. The number of nitrogens with one attached hydrogen (secondary N) is 1. The number of carbonyl (C=O) groups excluding carboxylic acids is 1. The van der Waals surface area contributed by atoms with Crippen molar-refractivity contribution in [1.29, 1.82) is 0 Å². The maximum atomic E-state index is 11.8. The zero-order chi connectivity index (χ0) is 12.0. The van der Waals surface area contributed by atoms with Crippen molar-refractivity contribution in [2.24, 2.45) is 0 Å². The highest BCUT2D eigenvalue weighted by molar-refractivity contribution is 6.30. The van der Waals surface area contributed by atoms with Crippen LogP contribution in [0.5, 0.6) is 0 Å². The molecule has 2 unspecified atom stereocenters. The molecule has 0 fully saturated rings. The molecule has 0 bridgehead atoms. The lowest BCUT2D eigenvalue weighted by atomic mass is 10.1. The van der Waals surface area contributed by atoms with Crippen LogP contribution in [0.25, 0.3) is 0 Å². The Morgan fingerprint density at radius 2 is 2.00 bits per heavy atom. The van der Waals surface area contributed by atoms with E-state index < -0.39 is 5.38 Å². The highest BCUT2D eigenvalue weighted by Gasteiger charge is 2.18. The number of benzene rings is 1. The fourth-order valence-electron chi connectivity index (χ4n) is 1.59. The van der Waals surface area contributed by atoms with Crippen molar-refractivity contribution in [2.45, 2.75) is 38.1 Å². The van der Waals surface area contributed by atoms with E-state index in [1.807, 2.05) is 37.3 Å². The zero-order valence-corrected chi connectivity index (χ0v) is 10.5. The van der Waals surface area contributed by atoms with Gasteiger partial charge in [-0.25, -0.2) is 0 Å². The Morgan fingerprint density at radius 3 is 2.56 bits per heavy atom. The van der Waals surface area contributed by atoms with E-state index in [1.54, 1.807) is 0 Å². The van der Waals surface area contributed by atoms with Gasteiger partial charge in [-0.2, -0.15) is 0 Å². The quantitative estimate of drug-likeness (QED) is 0.785. The summed E-state index contributed by atoms with van der Waals surface area (Å²) in [7, 11) is 0. The molecule has 0 aliphatic rings. The Labute approximate surface area is 102 Å². The van der Waals surface area contributed by atoms with Crippen LogP contribution in [0.4, 0.5) is 0 Å². The molecule has 0 saturated carbocycles. The Kier molecular flexibility index (Phi) is 5.33. The smallest absolute Gasteiger partial charge is 0.242 e. The SMILES string of the molecule is CCCC(C)NC(=O)C(Cl)c1ccccc1. The first kappa shape index (κ1) is 13.0. The van der Waals surface area contributed by atoms with Crippen molar-refractivity contribution < 1.29 is 4.79 Å². The van der Waals surface area contributed by atoms with E-state index in [9.17, 15) is 4.79 Å². The fraction of sp³-hybridized carbons (Fsp3) is 0.462. The fourth-order valence-corrected chi connectivity index (χ4v) is 1.80. The first-order valence-corrected chi connectivity index (χ1v) is 6.08. The molecule has 16 heavy (non-hydrogen) atoms. The summed E-state index contributed by atoms with van der Waals surface area (Å²) >= 11 is 6.09. The molecule has 0 heterocycles. The molecule has 2 atom stereocenters. The third kappa shape index (κ3) is 3.86. The Morgan fingerprint density at radius 1 is 1.38 bits per heavy atom. The van der Waals surface area contributed by atoms with Gasteiger partial charge < -0.3 is 5.32 Å². The van der Waals surface area contributed by atoms with Crippen LogP contribution >= 0.6 is 11.6 Å². The normalized spacial score (nSPS) is 14.2. The van der Waals surface area contributed by atoms with E-state index in [2.05, 4.69) is 12.2 Å². The molecule has 0 spiro atoms. The van der Waals surface area contributed by atoms with E-state index in [1.165, 1.54) is 0 Å². The van der Waals surface area contributed by atoms with E-state index in [4.69, 9.17) is 11.6 Å². The van der Waals surface area contributed by atoms with Crippen molar-refractivity contribution in [1.82, 2.24) is 5.32 Å². The van der Waals surface area contributed by atoms with Gasteiger partial charge in [0.25, 0.3) is 0 Å². The summed E-state index contributed by atoms with van der Waals surface area (Å²) in [5, 5.41) is 2.31. The summed E-state index contributed by atoms with van der Waals surface area (Å²) in [6, 6.07) is 9.58. The van der Waals surface area contributed by atoms with Crippen LogP contribution in [0, 0.1) is 0 Å². The maximum Gasteiger partial charge on any atom is 0.242 e. The Hall–Kier alpha value is -1.02. The number of carbonyl (C=O) groups is 1. The Bertz CT molecular complexity index is 326. The molecule has 0 aliphatic carbocycles. The lowest BCUT2D eigenvalue weighted by Crippen LogP contribution is -2.34. The molecule has 1 rings (SSSR count). The van der Waals surface area contributed by atoms with E-state index in [-0.39, 0.29) is 11.9 Å². The number of amides is 1. The lowest BCUT2D eigenvalue weighted by molar-refractivity contribution is -0.121. The molecular weight excluding hydrogens is 222 g/mol. The van der Waals surface area contributed by atoms with Crippen LogP contribution in [-0.4, -0.2) is 11.9 Å². The van der Waals surface area contributed by atoms with Crippen molar-refractivity contribution in [3.8, 4) is 0 Å². The van der Waals surface area contributed by atoms with Crippen LogP contribution in [0.1, 0.15) is 37.6 Å². The first-order chi connectivity index (χ1) is 7.65. The molecule has 1 amide bonds. The lowest BCUT2D eigenvalue weighted by Gasteiger charge is -2.15. The average molecular weight is 240 g/mol. The standard InChI is InChI=1S/C13H18ClNO/c1-3-7-10(2)15-13(16)12(14)11-8-5-4-6-9-11/h4-6,8-10,12H,3,7H2,1-2H3,(H,15,16). The van der Waals surface area contributed by atoms with E-state index in [0.717, 1.165) is 18.4 Å². The first-order valence-electron chi connectivity index (χ1n) is 5.64. The number of alkyl halides is 1. The predicted octanol–water partition coefficient (Wildman–Crippen LogP) is 3.27. The summed E-state index contributed by atoms with van der Waals surface area (Å²) in [6.07, 6.45) is 2.03. The molecular formula is C13H18ClNO. The average Bonchev–Trinajstić information content (AvgIpc) is 2.29. The number of hydrogen-bond donors (Lipinski definition) is 1. The molecule has 0 saturated heterocycles. The summed E-state index contributed by atoms with van der Waals surface area (Å²) in [5.41, 5.74) is 0.838. The molecule has 3 heteroatoms. The molecule has 2 nitrogen and oxygen atoms in total. The molecule has 0 radical (unpaired) electrons. The monoisotopic (exact) mass is 239 g/mol. The van der Waals surface area contributed by atoms with Gasteiger partial charge in [-0.05, 0) is 18.9 Å². The summed E-state index contributed by atoms with van der Waals surface area (Å²) in [5.74, 6) is -0.117. The van der Waals surface area contributed by atoms with Gasteiger partial charge in [0.15, 0.2) is 0 Å². The van der Waals surface area contributed by atoms with Gasteiger partial charge in [0.2, 0.25) is 5.91 Å². The van der Waals surface area contributed by atoms with Gasteiger partial charge in [-0.15, -0.1) is 11.6 Å². The van der Waals surface area contributed by atoms with Gasteiger partial charge in [0.05, 0.1) is 0 Å². The van der Waals surface area contributed by atoms with Crippen molar-refractivity contribution >= 4 is 17.5 Å². The van der Waals surface area contributed by atoms with Crippen LogP contribution in [0.2, 0.25) is 0 Å². The maximum absolute atomic E-state index is 11.8. The third-order valence-corrected chi connectivity index (χ3v) is 2.88.